The van der Waals surface area contributed by atoms with E-state index in [1.54, 1.807) is 24.0 Å². The molecule has 2 heterocycles. The van der Waals surface area contributed by atoms with Crippen molar-refractivity contribution in [2.45, 2.75) is 90.8 Å². The van der Waals surface area contributed by atoms with Crippen molar-refractivity contribution in [3.8, 4) is 11.1 Å². The molecule has 9 heteroatoms. The Balaban J connectivity index is 1.44. The van der Waals surface area contributed by atoms with Gasteiger partial charge in [0.25, 0.3) is 5.91 Å². The third kappa shape index (κ3) is 7.57. The Labute approximate surface area is 239 Å². The topological polar surface area (TPSA) is 91.0 Å². The number of hydrogen-bond donors (Lipinski definition) is 1. The molecule has 4 rings (SSSR count). The van der Waals surface area contributed by atoms with E-state index < -0.39 is 14.1 Å². The van der Waals surface area contributed by atoms with Gasteiger partial charge in [-0.1, -0.05) is 63.2 Å². The molecule has 1 amide bonds. The van der Waals surface area contributed by atoms with E-state index in [9.17, 15) is 9.59 Å². The van der Waals surface area contributed by atoms with Crippen molar-refractivity contribution < 1.29 is 14.3 Å². The number of aromatic nitrogens is 4. The molecule has 1 aliphatic rings. The number of carbonyl (C=O) groups is 2. The first-order valence-electron chi connectivity index (χ1n) is 14.6. The van der Waals surface area contributed by atoms with Crippen LogP contribution >= 0.6 is 0 Å². The third-order valence-corrected chi connectivity index (χ3v) is 9.72. The number of ketones is 1. The van der Waals surface area contributed by atoms with Crippen molar-refractivity contribution in [3.05, 3.63) is 59.2 Å². The molecule has 1 saturated carbocycles. The van der Waals surface area contributed by atoms with Crippen LogP contribution in [0.3, 0.4) is 0 Å². The number of nitrogens with zero attached hydrogens (tertiary/aromatic N) is 4. The lowest BCUT2D eigenvalue weighted by atomic mass is 9.81. The average Bonchev–Trinajstić information content (AvgIpc) is 3.47. The van der Waals surface area contributed by atoms with Crippen LogP contribution in [-0.4, -0.2) is 52.0 Å². The summed E-state index contributed by atoms with van der Waals surface area (Å²) in [5.41, 5.74) is 5.63. The SMILES string of the molecule is Cc1nn(COCC[Si](C)(C)C)c(C)c1-c1ccc(CC(=O)[C@@H](NC(=O)c2ccnn2C)C2CCCCC2)cc1. The molecular weight excluding hydrogens is 518 g/mol. The van der Waals surface area contributed by atoms with Gasteiger partial charge < -0.3 is 10.1 Å². The molecule has 0 spiro atoms. The van der Waals surface area contributed by atoms with Gasteiger partial charge in [0.1, 0.15) is 12.4 Å². The molecule has 0 radical (unpaired) electrons. The van der Waals surface area contributed by atoms with Crippen molar-refractivity contribution >= 4 is 19.8 Å². The first-order valence-corrected chi connectivity index (χ1v) is 18.3. The largest absolute Gasteiger partial charge is 0.360 e. The quantitative estimate of drug-likeness (QED) is 0.225. The summed E-state index contributed by atoms with van der Waals surface area (Å²) in [6, 6.07) is 10.5. The standard InChI is InChI=1S/C31H45N5O3Si/c1-22-29(23(2)36(34-22)21-39-18-19-40(4,5)6)25-14-12-24(13-15-25)20-28(37)30(26-10-8-7-9-11-26)33-31(38)27-16-17-32-35(27)3/h12-17,26,30H,7-11,18-21H2,1-6H3,(H,33,38)/t30-/m0/s1. The number of rotatable bonds is 12. The van der Waals surface area contributed by atoms with Crippen molar-refractivity contribution in [2.75, 3.05) is 6.61 Å². The van der Waals surface area contributed by atoms with Gasteiger partial charge in [-0.25, -0.2) is 4.68 Å². The fourth-order valence-corrected chi connectivity index (χ4v) is 6.37. The molecule has 1 aliphatic carbocycles. The highest BCUT2D eigenvalue weighted by Crippen LogP contribution is 2.29. The van der Waals surface area contributed by atoms with Crippen LogP contribution in [0, 0.1) is 19.8 Å². The maximum Gasteiger partial charge on any atom is 0.270 e. The molecule has 1 aromatic carbocycles. The monoisotopic (exact) mass is 563 g/mol. The van der Waals surface area contributed by atoms with Crippen molar-refractivity contribution in [1.29, 1.82) is 0 Å². The lowest BCUT2D eigenvalue weighted by molar-refractivity contribution is -0.121. The first-order chi connectivity index (χ1) is 19.0. The smallest absolute Gasteiger partial charge is 0.270 e. The second kappa shape index (κ2) is 13.1. The summed E-state index contributed by atoms with van der Waals surface area (Å²) in [6.45, 7) is 12.4. The van der Waals surface area contributed by atoms with E-state index in [1.807, 2.05) is 23.7 Å². The van der Waals surface area contributed by atoms with Gasteiger partial charge in [-0.15, -0.1) is 0 Å². The number of ether oxygens (including phenoxy) is 1. The summed E-state index contributed by atoms with van der Waals surface area (Å²) >= 11 is 0. The molecule has 1 N–H and O–H groups in total. The summed E-state index contributed by atoms with van der Waals surface area (Å²) in [6.07, 6.45) is 7.20. The molecule has 216 valence electrons. The zero-order valence-electron chi connectivity index (χ0n) is 25.0. The summed E-state index contributed by atoms with van der Waals surface area (Å²) in [5.74, 6) is -0.0145. The molecular formula is C31H45N5O3Si. The van der Waals surface area contributed by atoms with Crippen LogP contribution in [0.25, 0.3) is 11.1 Å². The van der Waals surface area contributed by atoms with Gasteiger partial charge in [-0.2, -0.15) is 10.2 Å². The van der Waals surface area contributed by atoms with Crippen LogP contribution in [0.15, 0.2) is 36.5 Å². The van der Waals surface area contributed by atoms with Crippen molar-refractivity contribution in [2.24, 2.45) is 13.0 Å². The van der Waals surface area contributed by atoms with Crippen LogP contribution in [0.2, 0.25) is 25.7 Å². The number of hydrogen-bond acceptors (Lipinski definition) is 5. The first kappa shape index (κ1) is 29.9. The lowest BCUT2D eigenvalue weighted by Crippen LogP contribution is -2.47. The zero-order valence-corrected chi connectivity index (χ0v) is 26.0. The molecule has 40 heavy (non-hydrogen) atoms. The van der Waals surface area contributed by atoms with Gasteiger partial charge in [0.2, 0.25) is 0 Å². The van der Waals surface area contributed by atoms with E-state index in [0.29, 0.717) is 12.4 Å². The summed E-state index contributed by atoms with van der Waals surface area (Å²) in [5, 5.41) is 11.9. The number of aryl methyl sites for hydroxylation is 2. The van der Waals surface area contributed by atoms with Crippen molar-refractivity contribution in [3.63, 3.8) is 0 Å². The van der Waals surface area contributed by atoms with Crippen LogP contribution in [0.4, 0.5) is 0 Å². The number of benzene rings is 1. The minimum atomic E-state index is -1.13. The molecule has 0 bridgehead atoms. The molecule has 2 aromatic heterocycles. The van der Waals surface area contributed by atoms with Crippen LogP contribution < -0.4 is 5.32 Å². The van der Waals surface area contributed by atoms with E-state index in [1.165, 1.54) is 6.42 Å². The van der Waals surface area contributed by atoms with E-state index in [-0.39, 0.29) is 24.0 Å². The Morgan fingerprint density at radius 3 is 2.40 bits per heavy atom. The van der Waals surface area contributed by atoms with Gasteiger partial charge in [0.15, 0.2) is 5.78 Å². The predicted octanol–water partition coefficient (Wildman–Crippen LogP) is 5.70. The van der Waals surface area contributed by atoms with Crippen molar-refractivity contribution in [1.82, 2.24) is 24.9 Å². The summed E-state index contributed by atoms with van der Waals surface area (Å²) in [7, 11) is 0.611. The van der Waals surface area contributed by atoms with E-state index in [0.717, 1.165) is 66.4 Å². The van der Waals surface area contributed by atoms with Gasteiger partial charge in [0, 0.05) is 45.6 Å². The Hall–Kier alpha value is -3.04. The highest BCUT2D eigenvalue weighted by Gasteiger charge is 2.31. The Morgan fingerprint density at radius 2 is 1.77 bits per heavy atom. The van der Waals surface area contributed by atoms with Gasteiger partial charge in [-0.05, 0) is 55.8 Å². The fourth-order valence-electron chi connectivity index (χ4n) is 5.61. The highest BCUT2D eigenvalue weighted by molar-refractivity contribution is 6.76. The zero-order chi connectivity index (χ0) is 28.9. The second-order valence-corrected chi connectivity index (χ2v) is 18.0. The van der Waals surface area contributed by atoms with Gasteiger partial charge in [-0.3, -0.25) is 14.3 Å². The molecule has 8 nitrogen and oxygen atoms in total. The Bertz CT molecular complexity index is 1300. The minimum Gasteiger partial charge on any atom is -0.360 e. The number of amides is 1. The molecule has 0 saturated heterocycles. The van der Waals surface area contributed by atoms with E-state index >= 15 is 0 Å². The Kier molecular flexibility index (Phi) is 9.79. The summed E-state index contributed by atoms with van der Waals surface area (Å²) in [4.78, 5) is 26.6. The molecule has 1 fully saturated rings. The van der Waals surface area contributed by atoms with Crippen LogP contribution in [0.5, 0.6) is 0 Å². The highest BCUT2D eigenvalue weighted by atomic mass is 28.3. The maximum absolute atomic E-state index is 13.6. The van der Waals surface area contributed by atoms with Crippen LogP contribution in [0.1, 0.15) is 59.5 Å². The predicted molar refractivity (Wildman–Crippen MR) is 161 cm³/mol. The molecule has 1 atom stereocenters. The van der Waals surface area contributed by atoms with E-state index in [4.69, 9.17) is 9.84 Å². The average molecular weight is 564 g/mol. The van der Waals surface area contributed by atoms with Gasteiger partial charge in [0.05, 0.1) is 11.7 Å². The lowest BCUT2D eigenvalue weighted by Gasteiger charge is -2.30. The second-order valence-electron chi connectivity index (χ2n) is 12.4. The van der Waals surface area contributed by atoms with E-state index in [2.05, 4.69) is 49.1 Å². The molecule has 0 aliphatic heterocycles. The maximum atomic E-state index is 13.6. The molecule has 0 unspecified atom stereocenters. The summed E-state index contributed by atoms with van der Waals surface area (Å²) < 4.78 is 9.42. The molecule has 3 aromatic rings. The fraction of sp³-hybridized carbons (Fsp3) is 0.548. The third-order valence-electron chi connectivity index (χ3n) is 8.02. The normalized spacial score (nSPS) is 15.2. The number of nitrogens with one attached hydrogen (secondary N) is 1. The minimum absolute atomic E-state index is 0.0609. The Morgan fingerprint density at radius 1 is 1.07 bits per heavy atom. The number of carbonyl (C=O) groups excluding carboxylic acids is 2. The van der Waals surface area contributed by atoms with Gasteiger partial charge >= 0.3 is 0 Å². The van der Waals surface area contributed by atoms with Crippen LogP contribution in [-0.2, 0) is 29.7 Å². The number of Topliss-reactive ketones (excluding diaryl/α,β-unsaturated/α-hetero) is 1.